The Labute approximate surface area is 155 Å². The van der Waals surface area contributed by atoms with Crippen LogP contribution in [0.5, 0.6) is 0 Å². The molecule has 3 heterocycles. The first-order valence-electron chi connectivity index (χ1n) is 9.70. The second-order valence-corrected chi connectivity index (χ2v) is 8.59. The lowest BCUT2D eigenvalue weighted by Crippen LogP contribution is -2.57. The molecule has 0 N–H and O–H groups in total. The highest BCUT2D eigenvalue weighted by atomic mass is 19.3. The van der Waals surface area contributed by atoms with Gasteiger partial charge in [-0.2, -0.15) is 13.8 Å². The zero-order valence-electron chi connectivity index (χ0n) is 15.5. The van der Waals surface area contributed by atoms with Gasteiger partial charge in [-0.05, 0) is 38.0 Å². The molecule has 1 aromatic rings. The molecule has 0 bridgehead atoms. The van der Waals surface area contributed by atoms with Crippen LogP contribution in [0.3, 0.4) is 0 Å². The molecule has 1 saturated carbocycles. The van der Waals surface area contributed by atoms with Gasteiger partial charge in [0.2, 0.25) is 5.95 Å². The fourth-order valence-electron chi connectivity index (χ4n) is 5.07. The average molecular weight is 380 g/mol. The van der Waals surface area contributed by atoms with E-state index in [-0.39, 0.29) is 36.8 Å². The maximum absolute atomic E-state index is 14.4. The zero-order valence-corrected chi connectivity index (χ0v) is 15.5. The van der Waals surface area contributed by atoms with E-state index >= 15 is 0 Å². The van der Waals surface area contributed by atoms with Crippen LogP contribution < -0.4 is 9.80 Å². The van der Waals surface area contributed by atoms with Gasteiger partial charge in [0, 0.05) is 31.5 Å². The molecule has 4 aliphatic rings. The van der Waals surface area contributed by atoms with Gasteiger partial charge in [-0.1, -0.05) is 0 Å². The summed E-state index contributed by atoms with van der Waals surface area (Å²) in [4.78, 5) is 23.9. The number of Topliss-reactive ketones (excluding diaryl/α,β-unsaturated/α-hetero) is 1. The van der Waals surface area contributed by atoms with Crippen LogP contribution in [0.25, 0.3) is 0 Å². The third-order valence-electron chi connectivity index (χ3n) is 6.85. The van der Waals surface area contributed by atoms with E-state index in [0.29, 0.717) is 35.6 Å². The average Bonchev–Trinajstić information content (AvgIpc) is 2.96. The van der Waals surface area contributed by atoms with Gasteiger partial charge in [-0.15, -0.1) is 0 Å². The lowest BCUT2D eigenvalue weighted by molar-refractivity contribution is -0.117. The smallest absolute Gasteiger partial charge is 0.290 e. The molecule has 5 rings (SSSR count). The summed E-state index contributed by atoms with van der Waals surface area (Å²) in [5.41, 5.74) is 0.357. The number of ketones is 1. The number of piperidine rings is 1. The number of carbonyl (C=O) groups excluding carboxylic acids is 1. The summed E-state index contributed by atoms with van der Waals surface area (Å²) in [6.45, 7) is 4.98. The summed E-state index contributed by atoms with van der Waals surface area (Å²) in [5.74, 6) is -0.616. The van der Waals surface area contributed by atoms with Crippen LogP contribution in [-0.4, -0.2) is 47.6 Å². The number of halogens is 3. The van der Waals surface area contributed by atoms with Crippen molar-refractivity contribution in [1.29, 1.82) is 0 Å². The molecule has 27 heavy (non-hydrogen) atoms. The molecule has 2 aliphatic carbocycles. The van der Waals surface area contributed by atoms with Crippen molar-refractivity contribution in [1.82, 2.24) is 9.97 Å². The lowest BCUT2D eigenvalue weighted by Gasteiger charge is -2.42. The molecule has 0 radical (unpaired) electrons. The van der Waals surface area contributed by atoms with Gasteiger partial charge in [0.1, 0.15) is 23.5 Å². The van der Waals surface area contributed by atoms with E-state index in [0.717, 1.165) is 13.1 Å². The normalized spacial score (nSPS) is 35.7. The van der Waals surface area contributed by atoms with Crippen LogP contribution >= 0.6 is 0 Å². The highest BCUT2D eigenvalue weighted by molar-refractivity contribution is 5.76. The van der Waals surface area contributed by atoms with Crippen molar-refractivity contribution < 1.29 is 18.0 Å². The molecule has 2 saturated heterocycles. The number of fused-ring (bicyclic) bond motifs is 2. The number of hydrogen-bond acceptors (Lipinski definition) is 5. The van der Waals surface area contributed by atoms with Gasteiger partial charge >= 0.3 is 0 Å². The minimum absolute atomic E-state index is 0.150. The van der Waals surface area contributed by atoms with Crippen molar-refractivity contribution in [2.75, 3.05) is 29.4 Å². The van der Waals surface area contributed by atoms with Crippen LogP contribution in [0.4, 0.5) is 24.9 Å². The summed E-state index contributed by atoms with van der Waals surface area (Å²) in [6, 6.07) is -0.391. The first kappa shape index (κ1) is 17.3. The van der Waals surface area contributed by atoms with E-state index in [1.807, 2.05) is 0 Å². The quantitative estimate of drug-likeness (QED) is 0.804. The molecule has 3 fully saturated rings. The van der Waals surface area contributed by atoms with Gasteiger partial charge in [-0.3, -0.25) is 0 Å². The maximum Gasteiger partial charge on any atom is 0.290 e. The first-order chi connectivity index (χ1) is 12.8. The van der Waals surface area contributed by atoms with Crippen molar-refractivity contribution in [3.63, 3.8) is 0 Å². The van der Waals surface area contributed by atoms with Crippen LogP contribution in [-0.2, 0) is 17.1 Å². The summed E-state index contributed by atoms with van der Waals surface area (Å²) < 4.78 is 42.4. The second kappa shape index (κ2) is 5.58. The fourth-order valence-corrected chi connectivity index (χ4v) is 5.07. The number of hydrogen-bond donors (Lipinski definition) is 0. The topological polar surface area (TPSA) is 49.3 Å². The summed E-state index contributed by atoms with van der Waals surface area (Å²) in [5, 5.41) is 0. The Morgan fingerprint density at radius 1 is 1.22 bits per heavy atom. The van der Waals surface area contributed by atoms with Gasteiger partial charge in [0.25, 0.3) is 5.92 Å². The Balaban J connectivity index is 1.45. The van der Waals surface area contributed by atoms with E-state index in [1.54, 1.807) is 18.7 Å². The number of carbonyl (C=O) groups is 1. The summed E-state index contributed by atoms with van der Waals surface area (Å²) in [6.07, 6.45) is -0.348. The maximum atomic E-state index is 14.4. The molecule has 8 heteroatoms. The van der Waals surface area contributed by atoms with E-state index < -0.39 is 18.1 Å². The molecule has 5 atom stereocenters. The first-order valence-corrected chi connectivity index (χ1v) is 9.70. The Hall–Kier alpha value is -1.86. The van der Waals surface area contributed by atoms with Crippen LogP contribution in [0.2, 0.25) is 0 Å². The molecule has 5 nitrogen and oxygen atoms in total. The number of anilines is 2. The van der Waals surface area contributed by atoms with Gasteiger partial charge in [0.05, 0.1) is 12.6 Å². The zero-order chi connectivity index (χ0) is 19.1. The highest BCUT2D eigenvalue weighted by Crippen LogP contribution is 2.55. The predicted octanol–water partition coefficient (Wildman–Crippen LogP) is 2.72. The third kappa shape index (κ3) is 2.55. The summed E-state index contributed by atoms with van der Waals surface area (Å²) >= 11 is 0. The minimum Gasteiger partial charge on any atom is -0.356 e. The molecular formula is C19H23F3N4O. The van der Waals surface area contributed by atoms with E-state index in [4.69, 9.17) is 0 Å². The monoisotopic (exact) mass is 380 g/mol. The van der Waals surface area contributed by atoms with Gasteiger partial charge in [-0.25, -0.2) is 9.37 Å². The lowest BCUT2D eigenvalue weighted by atomic mass is 10.0. The van der Waals surface area contributed by atoms with Gasteiger partial charge in [0.15, 0.2) is 0 Å². The van der Waals surface area contributed by atoms with Crippen LogP contribution in [0, 0.1) is 17.8 Å². The van der Waals surface area contributed by atoms with E-state index in [9.17, 15) is 18.0 Å². The van der Waals surface area contributed by atoms with Crippen LogP contribution in [0.1, 0.15) is 37.9 Å². The van der Waals surface area contributed by atoms with Gasteiger partial charge < -0.3 is 14.6 Å². The summed E-state index contributed by atoms with van der Waals surface area (Å²) in [7, 11) is 0. The molecule has 2 aliphatic heterocycles. The molecule has 1 aromatic heterocycles. The molecule has 2 unspecified atom stereocenters. The fraction of sp³-hybridized carbons (Fsp3) is 0.737. The molecular weight excluding hydrogens is 357 g/mol. The van der Waals surface area contributed by atoms with E-state index in [1.165, 1.54) is 0 Å². The Kier molecular flexibility index (Phi) is 3.56. The van der Waals surface area contributed by atoms with Crippen molar-refractivity contribution in [2.24, 2.45) is 17.8 Å². The molecule has 146 valence electrons. The van der Waals surface area contributed by atoms with Crippen molar-refractivity contribution in [3.05, 3.63) is 11.3 Å². The SMILES string of the molecule is CC(=O)CC1[C@H]2CN(c3nc(N4CC(F)[C@H]4C)nc4c3CCC4(F)F)C[C@@H]12. The number of nitrogens with zero attached hydrogens (tertiary/aromatic N) is 4. The molecule has 0 aromatic carbocycles. The highest BCUT2D eigenvalue weighted by Gasteiger charge is 2.56. The van der Waals surface area contributed by atoms with E-state index in [2.05, 4.69) is 14.9 Å². The van der Waals surface area contributed by atoms with Crippen LogP contribution in [0.15, 0.2) is 0 Å². The number of alkyl halides is 3. The largest absolute Gasteiger partial charge is 0.356 e. The number of rotatable bonds is 4. The third-order valence-corrected chi connectivity index (χ3v) is 6.85. The second-order valence-electron chi connectivity index (χ2n) is 8.59. The molecule has 0 spiro atoms. The molecule has 0 amide bonds. The number of aromatic nitrogens is 2. The standard InChI is InChI=1S/C19H23F3N4O/c1-9(27)5-12-13-6-25(7-14(12)13)17-11-3-4-19(21,22)16(11)23-18(24-17)26-8-15(20)10(26)2/h10,12-15H,3-8H2,1-2H3/t10-,12?,13-,14+,15?/m1/s1. The predicted molar refractivity (Wildman–Crippen MR) is 93.9 cm³/mol. The Bertz CT molecular complexity index is 804. The Morgan fingerprint density at radius 3 is 2.52 bits per heavy atom. The van der Waals surface area contributed by atoms with Crippen molar-refractivity contribution in [2.45, 2.75) is 51.2 Å². The van der Waals surface area contributed by atoms with Crippen molar-refractivity contribution >= 4 is 17.5 Å². The van der Waals surface area contributed by atoms with Crippen molar-refractivity contribution in [3.8, 4) is 0 Å². The Morgan fingerprint density at radius 2 is 1.93 bits per heavy atom. The minimum atomic E-state index is -2.95.